The summed E-state index contributed by atoms with van der Waals surface area (Å²) in [5.74, 6) is 0.485. The van der Waals surface area contributed by atoms with Crippen LogP contribution in [0.15, 0.2) is 65.0 Å². The second-order valence-electron chi connectivity index (χ2n) is 7.48. The molecule has 6 heteroatoms. The number of ether oxygens (including phenoxy) is 1. The van der Waals surface area contributed by atoms with E-state index in [0.29, 0.717) is 34.4 Å². The fraction of sp³-hybridized carbons (Fsp3) is 0.250. The van der Waals surface area contributed by atoms with Crippen molar-refractivity contribution >= 4 is 29.0 Å². The SMILES string of the molecule is CC1=C(C#N)C(c2ccc(OCc3ccc(Cl)c(Cl)c3)cc2)C2=C(CCCC2=O)N1. The molecule has 0 spiro atoms. The average molecular weight is 439 g/mol. The summed E-state index contributed by atoms with van der Waals surface area (Å²) in [4.78, 5) is 12.7. The average Bonchev–Trinajstić information content (AvgIpc) is 2.74. The highest BCUT2D eigenvalue weighted by atomic mass is 35.5. The van der Waals surface area contributed by atoms with Crippen molar-refractivity contribution in [1.29, 1.82) is 5.26 Å². The molecular formula is C24H20Cl2N2O2. The van der Waals surface area contributed by atoms with Gasteiger partial charge in [0.1, 0.15) is 12.4 Å². The highest BCUT2D eigenvalue weighted by Gasteiger charge is 2.35. The van der Waals surface area contributed by atoms with Crippen LogP contribution < -0.4 is 10.1 Å². The molecule has 0 amide bonds. The Morgan fingerprint density at radius 2 is 1.90 bits per heavy atom. The Bertz CT molecular complexity index is 1110. The highest BCUT2D eigenvalue weighted by Crippen LogP contribution is 2.42. The molecule has 4 rings (SSSR count). The van der Waals surface area contributed by atoms with E-state index in [1.54, 1.807) is 12.1 Å². The first-order valence-electron chi connectivity index (χ1n) is 9.78. The molecule has 1 aliphatic carbocycles. The number of allylic oxidation sites excluding steroid dienone is 4. The first kappa shape index (κ1) is 20.5. The second-order valence-corrected chi connectivity index (χ2v) is 8.30. The van der Waals surface area contributed by atoms with Gasteiger partial charge in [0.15, 0.2) is 5.78 Å². The predicted octanol–water partition coefficient (Wildman–Crippen LogP) is 6.06. The standard InChI is InChI=1S/C24H20Cl2N2O2/c1-14-18(12-27)23(24-21(28-14)3-2-4-22(24)29)16-6-8-17(9-7-16)30-13-15-5-10-19(25)20(26)11-15/h5-11,23,28H,2-4,13H2,1H3. The number of benzene rings is 2. The molecule has 1 unspecified atom stereocenters. The van der Waals surface area contributed by atoms with E-state index in [0.717, 1.165) is 40.9 Å². The molecule has 1 N–H and O–H groups in total. The Morgan fingerprint density at radius 1 is 1.13 bits per heavy atom. The molecule has 1 aliphatic heterocycles. The van der Waals surface area contributed by atoms with Gasteiger partial charge in [-0.3, -0.25) is 4.79 Å². The quantitative estimate of drug-likeness (QED) is 0.629. The van der Waals surface area contributed by atoms with Gasteiger partial charge in [0.05, 0.1) is 27.6 Å². The van der Waals surface area contributed by atoms with Crippen molar-refractivity contribution in [3.8, 4) is 11.8 Å². The van der Waals surface area contributed by atoms with Crippen LogP contribution in [-0.2, 0) is 11.4 Å². The number of Topliss-reactive ketones (excluding diaryl/α,β-unsaturated/α-hetero) is 1. The van der Waals surface area contributed by atoms with E-state index >= 15 is 0 Å². The maximum absolute atomic E-state index is 12.7. The van der Waals surface area contributed by atoms with Crippen LogP contribution >= 0.6 is 23.2 Å². The van der Waals surface area contributed by atoms with E-state index in [1.165, 1.54) is 0 Å². The Kier molecular flexibility index (Phi) is 5.85. The number of halogens is 2. The number of dihydropyridines is 1. The summed E-state index contributed by atoms with van der Waals surface area (Å²) < 4.78 is 5.86. The largest absolute Gasteiger partial charge is 0.489 e. The van der Waals surface area contributed by atoms with Crippen LogP contribution in [0.25, 0.3) is 0 Å². The molecule has 0 aromatic heterocycles. The van der Waals surface area contributed by atoms with E-state index in [9.17, 15) is 10.1 Å². The summed E-state index contributed by atoms with van der Waals surface area (Å²) in [6.07, 6.45) is 2.20. The van der Waals surface area contributed by atoms with E-state index in [2.05, 4.69) is 11.4 Å². The zero-order chi connectivity index (χ0) is 21.3. The second kappa shape index (κ2) is 8.55. The topological polar surface area (TPSA) is 62.1 Å². The van der Waals surface area contributed by atoms with Gasteiger partial charge in [-0.15, -0.1) is 0 Å². The molecule has 0 bridgehead atoms. The number of rotatable bonds is 4. The molecular weight excluding hydrogens is 419 g/mol. The van der Waals surface area contributed by atoms with Crippen molar-refractivity contribution < 1.29 is 9.53 Å². The number of nitriles is 1. The number of carbonyl (C=O) groups excluding carboxylic acids is 1. The minimum Gasteiger partial charge on any atom is -0.489 e. The van der Waals surface area contributed by atoms with Crippen molar-refractivity contribution in [3.05, 3.63) is 86.2 Å². The number of nitrogens with one attached hydrogen (secondary N) is 1. The molecule has 2 aliphatic rings. The molecule has 152 valence electrons. The lowest BCUT2D eigenvalue weighted by Gasteiger charge is -2.32. The van der Waals surface area contributed by atoms with Gasteiger partial charge in [-0.1, -0.05) is 41.4 Å². The number of nitrogens with zero attached hydrogens (tertiary/aromatic N) is 1. The molecule has 1 atom stereocenters. The molecule has 1 heterocycles. The van der Waals surface area contributed by atoms with Crippen LogP contribution in [0, 0.1) is 11.3 Å². The van der Waals surface area contributed by atoms with Crippen LogP contribution in [0.3, 0.4) is 0 Å². The zero-order valence-corrected chi connectivity index (χ0v) is 18.0. The van der Waals surface area contributed by atoms with Gasteiger partial charge in [-0.05, 0) is 55.2 Å². The van der Waals surface area contributed by atoms with Gasteiger partial charge in [0.25, 0.3) is 0 Å². The van der Waals surface area contributed by atoms with Gasteiger partial charge in [-0.2, -0.15) is 5.26 Å². The van der Waals surface area contributed by atoms with Crippen molar-refractivity contribution in [1.82, 2.24) is 5.32 Å². The molecule has 30 heavy (non-hydrogen) atoms. The normalized spacial score (nSPS) is 18.6. The van der Waals surface area contributed by atoms with E-state index in [-0.39, 0.29) is 11.7 Å². The Balaban J connectivity index is 1.58. The highest BCUT2D eigenvalue weighted by molar-refractivity contribution is 6.42. The van der Waals surface area contributed by atoms with Gasteiger partial charge < -0.3 is 10.1 Å². The summed E-state index contributed by atoms with van der Waals surface area (Å²) in [6.45, 7) is 2.25. The number of carbonyl (C=O) groups is 1. The first-order chi connectivity index (χ1) is 14.5. The van der Waals surface area contributed by atoms with Crippen molar-refractivity contribution in [2.45, 2.75) is 38.7 Å². The Hall–Kier alpha value is -2.74. The van der Waals surface area contributed by atoms with Crippen LogP contribution in [-0.4, -0.2) is 5.78 Å². The lowest BCUT2D eigenvalue weighted by molar-refractivity contribution is -0.116. The summed E-state index contributed by atoms with van der Waals surface area (Å²) in [5, 5.41) is 14.0. The molecule has 4 nitrogen and oxygen atoms in total. The molecule has 2 aromatic carbocycles. The zero-order valence-electron chi connectivity index (χ0n) is 16.5. The van der Waals surface area contributed by atoms with Crippen LogP contribution in [0.5, 0.6) is 5.75 Å². The van der Waals surface area contributed by atoms with Crippen molar-refractivity contribution in [3.63, 3.8) is 0 Å². The Morgan fingerprint density at radius 3 is 2.60 bits per heavy atom. The number of hydrogen-bond acceptors (Lipinski definition) is 4. The minimum atomic E-state index is -0.330. The summed E-state index contributed by atoms with van der Waals surface area (Å²) in [5.41, 5.74) is 4.92. The fourth-order valence-electron chi connectivity index (χ4n) is 4.02. The number of hydrogen-bond donors (Lipinski definition) is 1. The first-order valence-corrected chi connectivity index (χ1v) is 10.5. The number of ketones is 1. The summed E-state index contributed by atoms with van der Waals surface area (Å²) in [6, 6.07) is 15.3. The van der Waals surface area contributed by atoms with Crippen LogP contribution in [0.2, 0.25) is 10.0 Å². The van der Waals surface area contributed by atoms with Crippen LogP contribution in [0.4, 0.5) is 0 Å². The fourth-order valence-corrected chi connectivity index (χ4v) is 4.34. The third-order valence-corrected chi connectivity index (χ3v) is 6.24. The molecule has 2 aromatic rings. The van der Waals surface area contributed by atoms with Crippen molar-refractivity contribution in [2.24, 2.45) is 0 Å². The van der Waals surface area contributed by atoms with E-state index < -0.39 is 0 Å². The van der Waals surface area contributed by atoms with Gasteiger partial charge >= 0.3 is 0 Å². The predicted molar refractivity (Wildman–Crippen MR) is 117 cm³/mol. The van der Waals surface area contributed by atoms with E-state index in [1.807, 2.05) is 37.3 Å². The third kappa shape index (κ3) is 3.96. The van der Waals surface area contributed by atoms with E-state index in [4.69, 9.17) is 27.9 Å². The molecule has 0 saturated heterocycles. The maximum Gasteiger partial charge on any atom is 0.161 e. The lowest BCUT2D eigenvalue weighted by Crippen LogP contribution is -2.31. The summed E-state index contributed by atoms with van der Waals surface area (Å²) in [7, 11) is 0. The third-order valence-electron chi connectivity index (χ3n) is 5.50. The van der Waals surface area contributed by atoms with Crippen molar-refractivity contribution in [2.75, 3.05) is 0 Å². The smallest absolute Gasteiger partial charge is 0.161 e. The van der Waals surface area contributed by atoms with Crippen LogP contribution in [0.1, 0.15) is 43.2 Å². The molecule has 0 saturated carbocycles. The maximum atomic E-state index is 12.7. The van der Waals surface area contributed by atoms with Gasteiger partial charge in [0, 0.05) is 23.4 Å². The minimum absolute atomic E-state index is 0.119. The van der Waals surface area contributed by atoms with Gasteiger partial charge in [0.2, 0.25) is 0 Å². The molecule has 0 radical (unpaired) electrons. The molecule has 0 fully saturated rings. The lowest BCUT2D eigenvalue weighted by atomic mass is 9.76. The summed E-state index contributed by atoms with van der Waals surface area (Å²) >= 11 is 12.0. The monoisotopic (exact) mass is 438 g/mol. The van der Waals surface area contributed by atoms with Gasteiger partial charge in [-0.25, -0.2) is 0 Å². The Labute approximate surface area is 185 Å².